The molecule has 0 spiro atoms. The molecule has 1 rings (SSSR count). The van der Waals surface area contributed by atoms with E-state index in [1.54, 1.807) is 13.8 Å². The second kappa shape index (κ2) is 8.06. The quantitative estimate of drug-likeness (QED) is 0.622. The van der Waals surface area contributed by atoms with Crippen molar-refractivity contribution in [1.82, 2.24) is 0 Å². The molecular weight excluding hydrogens is 264 g/mol. The highest BCUT2D eigenvalue weighted by atomic mass is 16.7. The lowest BCUT2D eigenvalue weighted by Crippen LogP contribution is -2.36. The average molecular weight is 286 g/mol. The molecule has 3 N–H and O–H groups in total. The molecule has 0 aliphatic rings. The predicted molar refractivity (Wildman–Crippen MR) is 72.7 cm³/mol. The molecule has 1 aromatic rings. The summed E-state index contributed by atoms with van der Waals surface area (Å²) in [5.41, 5.74) is 0.400. The number of ether oxygens (including phenoxy) is 3. The molecule has 2 unspecified atom stereocenters. The van der Waals surface area contributed by atoms with Gasteiger partial charge in [0.25, 0.3) is 0 Å². The van der Waals surface area contributed by atoms with Crippen LogP contribution in [-0.2, 0) is 9.47 Å². The van der Waals surface area contributed by atoms with E-state index in [1.165, 1.54) is 25.3 Å². The van der Waals surface area contributed by atoms with Gasteiger partial charge in [-0.25, -0.2) is 0 Å². The molecule has 0 radical (unpaired) electrons. The number of hydrogen-bond donors (Lipinski definition) is 3. The Morgan fingerprint density at radius 1 is 1.10 bits per heavy atom. The largest absolute Gasteiger partial charge is 0.504 e. The minimum atomic E-state index is -1.25. The zero-order valence-electron chi connectivity index (χ0n) is 11.9. The molecule has 20 heavy (non-hydrogen) atoms. The van der Waals surface area contributed by atoms with Crippen molar-refractivity contribution >= 4 is 0 Å². The van der Waals surface area contributed by atoms with Crippen molar-refractivity contribution in [3.05, 3.63) is 23.8 Å². The Morgan fingerprint density at radius 3 is 2.20 bits per heavy atom. The molecule has 0 bridgehead atoms. The number of aromatic hydroxyl groups is 1. The number of aliphatic hydroxyl groups excluding tert-OH is 2. The molecule has 0 aliphatic heterocycles. The number of rotatable bonds is 8. The van der Waals surface area contributed by atoms with Gasteiger partial charge in [-0.3, -0.25) is 0 Å². The van der Waals surface area contributed by atoms with Crippen LogP contribution in [0.25, 0.3) is 0 Å². The van der Waals surface area contributed by atoms with Crippen molar-refractivity contribution in [1.29, 1.82) is 0 Å². The van der Waals surface area contributed by atoms with E-state index in [-0.39, 0.29) is 11.5 Å². The van der Waals surface area contributed by atoms with Crippen LogP contribution in [0.5, 0.6) is 11.5 Å². The highest BCUT2D eigenvalue weighted by molar-refractivity contribution is 5.42. The van der Waals surface area contributed by atoms with Gasteiger partial charge >= 0.3 is 0 Å². The highest BCUT2D eigenvalue weighted by Crippen LogP contribution is 2.30. The molecule has 6 heteroatoms. The van der Waals surface area contributed by atoms with Crippen LogP contribution in [-0.4, -0.2) is 48.0 Å². The van der Waals surface area contributed by atoms with Crippen molar-refractivity contribution < 1.29 is 29.5 Å². The smallest absolute Gasteiger partial charge is 0.186 e. The van der Waals surface area contributed by atoms with Crippen molar-refractivity contribution in [2.45, 2.75) is 32.3 Å². The van der Waals surface area contributed by atoms with E-state index in [0.717, 1.165) is 0 Å². The first-order valence-electron chi connectivity index (χ1n) is 6.51. The maximum atomic E-state index is 10.2. The lowest BCUT2D eigenvalue weighted by molar-refractivity contribution is -0.212. The molecule has 0 fully saturated rings. The van der Waals surface area contributed by atoms with E-state index in [0.29, 0.717) is 18.8 Å². The number of hydrogen-bond acceptors (Lipinski definition) is 6. The molecule has 0 amide bonds. The van der Waals surface area contributed by atoms with Crippen molar-refractivity contribution in [2.75, 3.05) is 20.3 Å². The van der Waals surface area contributed by atoms with Crippen molar-refractivity contribution in [3.8, 4) is 11.5 Å². The molecule has 2 atom stereocenters. The van der Waals surface area contributed by atoms with Crippen LogP contribution in [0.2, 0.25) is 0 Å². The first kappa shape index (κ1) is 16.7. The Balaban J connectivity index is 2.88. The van der Waals surface area contributed by atoms with E-state index in [9.17, 15) is 15.3 Å². The Kier molecular flexibility index (Phi) is 6.74. The summed E-state index contributed by atoms with van der Waals surface area (Å²) >= 11 is 0. The molecule has 0 aliphatic carbocycles. The summed E-state index contributed by atoms with van der Waals surface area (Å²) in [6.07, 6.45) is -3.38. The zero-order valence-corrected chi connectivity index (χ0v) is 11.9. The molecule has 0 saturated heterocycles. The van der Waals surface area contributed by atoms with E-state index in [1.807, 2.05) is 0 Å². The monoisotopic (exact) mass is 286 g/mol. The van der Waals surface area contributed by atoms with E-state index >= 15 is 0 Å². The van der Waals surface area contributed by atoms with E-state index in [2.05, 4.69) is 0 Å². The Bertz CT molecular complexity index is 403. The third-order valence-corrected chi connectivity index (χ3v) is 2.81. The fraction of sp³-hybridized carbons (Fsp3) is 0.571. The first-order valence-corrected chi connectivity index (χ1v) is 6.51. The first-order chi connectivity index (χ1) is 9.54. The fourth-order valence-electron chi connectivity index (χ4n) is 1.80. The van der Waals surface area contributed by atoms with E-state index < -0.39 is 18.5 Å². The Hall–Kier alpha value is -1.34. The highest BCUT2D eigenvalue weighted by Gasteiger charge is 2.29. The minimum absolute atomic E-state index is 0.0379. The van der Waals surface area contributed by atoms with Crippen molar-refractivity contribution in [3.63, 3.8) is 0 Å². The second-order valence-corrected chi connectivity index (χ2v) is 4.15. The van der Waals surface area contributed by atoms with Gasteiger partial charge in [0.2, 0.25) is 0 Å². The van der Waals surface area contributed by atoms with Crippen molar-refractivity contribution in [2.24, 2.45) is 0 Å². The third kappa shape index (κ3) is 4.08. The summed E-state index contributed by atoms with van der Waals surface area (Å²) in [6.45, 7) is 4.25. The number of aliphatic hydroxyl groups is 2. The van der Waals surface area contributed by atoms with Gasteiger partial charge < -0.3 is 29.5 Å². The summed E-state index contributed by atoms with van der Waals surface area (Å²) in [5.74, 6) is 0.183. The standard InChI is InChI=1S/C14H22O6/c1-4-19-14(20-5-2)13(17)12(16)9-6-7-10(15)11(8-9)18-3/h6-8,12-17H,4-5H2,1-3H3. The van der Waals surface area contributed by atoms with Gasteiger partial charge in [-0.1, -0.05) is 6.07 Å². The second-order valence-electron chi connectivity index (χ2n) is 4.15. The molecule has 0 aromatic heterocycles. The number of methoxy groups -OCH3 is 1. The van der Waals surface area contributed by atoms with Crippen LogP contribution in [0.3, 0.4) is 0 Å². The number of phenols is 1. The normalized spacial score (nSPS) is 14.3. The molecule has 0 saturated carbocycles. The number of benzene rings is 1. The Morgan fingerprint density at radius 2 is 1.70 bits per heavy atom. The van der Waals surface area contributed by atoms with Crippen LogP contribution in [0.1, 0.15) is 25.5 Å². The topological polar surface area (TPSA) is 88.4 Å². The molecular formula is C14H22O6. The maximum Gasteiger partial charge on any atom is 0.186 e. The molecule has 1 aromatic carbocycles. The van der Waals surface area contributed by atoms with Crippen LogP contribution < -0.4 is 4.74 Å². The molecule has 114 valence electrons. The minimum Gasteiger partial charge on any atom is -0.504 e. The lowest BCUT2D eigenvalue weighted by Gasteiger charge is -2.26. The van der Waals surface area contributed by atoms with Gasteiger partial charge in [-0.15, -0.1) is 0 Å². The molecule has 6 nitrogen and oxygen atoms in total. The maximum absolute atomic E-state index is 10.2. The number of phenolic OH excluding ortho intramolecular Hbond substituents is 1. The van der Waals surface area contributed by atoms with Crippen LogP contribution in [0.15, 0.2) is 18.2 Å². The summed E-state index contributed by atoms with van der Waals surface area (Å²) in [6, 6.07) is 4.35. The summed E-state index contributed by atoms with van der Waals surface area (Å²) in [5, 5.41) is 29.8. The van der Waals surface area contributed by atoms with Crippen LogP contribution in [0.4, 0.5) is 0 Å². The zero-order chi connectivity index (χ0) is 15.1. The van der Waals surface area contributed by atoms with Gasteiger partial charge in [0.15, 0.2) is 17.8 Å². The van der Waals surface area contributed by atoms with Gasteiger partial charge in [-0.2, -0.15) is 0 Å². The SMILES string of the molecule is CCOC(OCC)C(O)C(O)c1ccc(O)c(OC)c1. The van der Waals surface area contributed by atoms with Crippen LogP contribution in [0, 0.1) is 0 Å². The lowest BCUT2D eigenvalue weighted by atomic mass is 10.0. The fourth-order valence-corrected chi connectivity index (χ4v) is 1.80. The van der Waals surface area contributed by atoms with Gasteiger partial charge in [0.1, 0.15) is 12.2 Å². The van der Waals surface area contributed by atoms with Gasteiger partial charge in [-0.05, 0) is 31.5 Å². The predicted octanol–water partition coefficient (Wildman–Crippen LogP) is 1.19. The molecule has 0 heterocycles. The third-order valence-electron chi connectivity index (χ3n) is 2.81. The van der Waals surface area contributed by atoms with Gasteiger partial charge in [0, 0.05) is 13.2 Å². The average Bonchev–Trinajstić information content (AvgIpc) is 2.46. The summed E-state index contributed by atoms with van der Waals surface area (Å²) < 4.78 is 15.5. The Labute approximate surface area is 118 Å². The summed E-state index contributed by atoms with van der Waals surface area (Å²) in [4.78, 5) is 0. The van der Waals surface area contributed by atoms with Crippen LogP contribution >= 0.6 is 0 Å². The van der Waals surface area contributed by atoms with E-state index in [4.69, 9.17) is 14.2 Å². The summed E-state index contributed by atoms with van der Waals surface area (Å²) in [7, 11) is 1.41. The van der Waals surface area contributed by atoms with Gasteiger partial charge in [0.05, 0.1) is 7.11 Å².